The molecule has 0 bridgehead atoms. The van der Waals surface area contributed by atoms with Crippen molar-refractivity contribution in [1.29, 1.82) is 0 Å². The maximum atomic E-state index is 13.0. The Balaban J connectivity index is 2.53. The van der Waals surface area contributed by atoms with E-state index < -0.39 is 7.60 Å². The third-order valence-corrected chi connectivity index (χ3v) is 5.59. The number of hydrogen-bond acceptors (Lipinski definition) is 7. The third kappa shape index (κ3) is 13.2. The average molecular weight is 432 g/mol. The van der Waals surface area contributed by atoms with Gasteiger partial charge >= 0.3 is 7.60 Å². The molecule has 0 aliphatic heterocycles. The van der Waals surface area contributed by atoms with E-state index in [1.165, 1.54) is 0 Å². The molecule has 0 saturated carbocycles. The first kappa shape index (κ1) is 26.2. The van der Waals surface area contributed by atoms with Crippen molar-refractivity contribution >= 4 is 7.60 Å². The van der Waals surface area contributed by atoms with Crippen LogP contribution in [0.5, 0.6) is 0 Å². The smallest absolute Gasteiger partial charge is 0.356 e. The van der Waals surface area contributed by atoms with Gasteiger partial charge in [-0.2, -0.15) is 0 Å². The fourth-order valence-corrected chi connectivity index (χ4v) is 4.33. The van der Waals surface area contributed by atoms with E-state index in [0.29, 0.717) is 39.5 Å². The van der Waals surface area contributed by atoms with Gasteiger partial charge in [-0.25, -0.2) is 0 Å². The van der Waals surface area contributed by atoms with Gasteiger partial charge in [0.15, 0.2) is 0 Å². The van der Waals surface area contributed by atoms with Crippen molar-refractivity contribution in [3.63, 3.8) is 0 Å². The average Bonchev–Trinajstić information content (AvgIpc) is 2.65. The first-order chi connectivity index (χ1) is 13.8. The van der Waals surface area contributed by atoms with Crippen molar-refractivity contribution in [1.82, 2.24) is 0 Å². The van der Waals surface area contributed by atoms with Crippen LogP contribution in [0.3, 0.4) is 0 Å². The van der Waals surface area contributed by atoms with Crippen molar-refractivity contribution in [3.05, 3.63) is 35.9 Å². The molecule has 29 heavy (non-hydrogen) atoms. The Hall–Kier alpha value is -0.790. The third-order valence-electron chi connectivity index (χ3n) is 3.64. The van der Waals surface area contributed by atoms with E-state index in [0.717, 1.165) is 5.56 Å². The summed E-state index contributed by atoms with van der Waals surface area (Å²) in [4.78, 5) is 0. The van der Waals surface area contributed by atoms with Crippen LogP contribution in [0, 0.1) is 0 Å². The number of rotatable bonds is 17. The molecule has 0 fully saturated rings. The Morgan fingerprint density at radius 3 is 2.14 bits per heavy atom. The summed E-state index contributed by atoms with van der Waals surface area (Å²) in [6.07, 6.45) is -0.270. The summed E-state index contributed by atoms with van der Waals surface area (Å²) in [5.74, 6) is 0. The zero-order chi connectivity index (χ0) is 21.5. The van der Waals surface area contributed by atoms with Gasteiger partial charge in [-0.3, -0.25) is 4.57 Å². The van der Waals surface area contributed by atoms with E-state index in [9.17, 15) is 4.57 Å². The fraction of sp³-hybridized carbons (Fsp3) is 0.714. The van der Waals surface area contributed by atoms with Crippen LogP contribution in [-0.4, -0.2) is 58.2 Å². The predicted molar refractivity (Wildman–Crippen MR) is 113 cm³/mol. The van der Waals surface area contributed by atoms with Gasteiger partial charge < -0.3 is 28.0 Å². The van der Waals surface area contributed by atoms with E-state index in [-0.39, 0.29) is 24.7 Å². The van der Waals surface area contributed by atoms with Gasteiger partial charge in [0.25, 0.3) is 0 Å². The van der Waals surface area contributed by atoms with Gasteiger partial charge in [0, 0.05) is 13.7 Å². The number of benzene rings is 1. The van der Waals surface area contributed by atoms with Gasteiger partial charge in [0.05, 0.1) is 44.7 Å². The second-order valence-corrected chi connectivity index (χ2v) is 9.13. The molecule has 0 aliphatic carbocycles. The maximum Gasteiger partial charge on any atom is 0.356 e. The first-order valence-corrected chi connectivity index (χ1v) is 11.8. The summed E-state index contributed by atoms with van der Waals surface area (Å²) < 4.78 is 46.3. The lowest BCUT2D eigenvalue weighted by Crippen LogP contribution is -2.25. The summed E-state index contributed by atoms with van der Waals surface area (Å²) in [6.45, 7) is 9.61. The molecule has 8 heteroatoms. The van der Waals surface area contributed by atoms with Crippen LogP contribution in [0.4, 0.5) is 0 Å². The minimum atomic E-state index is -3.36. The predicted octanol–water partition coefficient (Wildman–Crippen LogP) is 4.64. The lowest BCUT2D eigenvalue weighted by Gasteiger charge is -2.25. The minimum Gasteiger partial charge on any atom is -0.382 e. The van der Waals surface area contributed by atoms with Crippen molar-refractivity contribution < 1.29 is 32.6 Å². The van der Waals surface area contributed by atoms with E-state index in [2.05, 4.69) is 0 Å². The van der Waals surface area contributed by atoms with Crippen molar-refractivity contribution in [2.45, 2.75) is 59.0 Å². The molecule has 7 nitrogen and oxygen atoms in total. The van der Waals surface area contributed by atoms with E-state index in [4.69, 9.17) is 28.0 Å². The van der Waals surface area contributed by atoms with Crippen LogP contribution in [0.15, 0.2) is 30.3 Å². The topological polar surface area (TPSA) is 72.5 Å². The SMILES string of the molecule is COCCOC[C@H](CCOCc1ccccc1)OCP(=O)(OC(C)C)OC(C)C. The molecule has 168 valence electrons. The van der Waals surface area contributed by atoms with Gasteiger partial charge in [-0.1, -0.05) is 30.3 Å². The normalized spacial score (nSPS) is 13.3. The Morgan fingerprint density at radius 2 is 1.55 bits per heavy atom. The van der Waals surface area contributed by atoms with Crippen LogP contribution < -0.4 is 0 Å². The van der Waals surface area contributed by atoms with Crippen LogP contribution in [0.25, 0.3) is 0 Å². The summed E-state index contributed by atoms with van der Waals surface area (Å²) in [5, 5.41) is 0. The Bertz CT molecular complexity index is 551. The minimum absolute atomic E-state index is 0.125. The highest BCUT2D eigenvalue weighted by atomic mass is 31.2. The summed E-state index contributed by atoms with van der Waals surface area (Å²) >= 11 is 0. The molecule has 0 spiro atoms. The number of hydrogen-bond donors (Lipinski definition) is 0. The van der Waals surface area contributed by atoms with Gasteiger partial charge in [-0.05, 0) is 39.7 Å². The van der Waals surface area contributed by atoms with Crippen molar-refractivity contribution in [3.8, 4) is 0 Å². The second kappa shape index (κ2) is 15.1. The first-order valence-electron chi connectivity index (χ1n) is 10.1. The van der Waals surface area contributed by atoms with Crippen LogP contribution in [0.1, 0.15) is 39.7 Å². The molecule has 1 aromatic carbocycles. The van der Waals surface area contributed by atoms with Crippen LogP contribution in [-0.2, 0) is 39.2 Å². The molecule has 0 aromatic heterocycles. The molecule has 1 aromatic rings. The maximum absolute atomic E-state index is 13.0. The van der Waals surface area contributed by atoms with Gasteiger partial charge in [-0.15, -0.1) is 0 Å². The molecule has 0 saturated heterocycles. The molecule has 1 atom stereocenters. The summed E-state index contributed by atoms with van der Waals surface area (Å²) in [5.41, 5.74) is 1.11. The largest absolute Gasteiger partial charge is 0.382 e. The molecule has 0 unspecified atom stereocenters. The Morgan fingerprint density at radius 1 is 0.897 bits per heavy atom. The highest BCUT2D eigenvalue weighted by molar-refractivity contribution is 7.53. The molecule has 0 radical (unpaired) electrons. The fourth-order valence-electron chi connectivity index (χ4n) is 2.48. The molecule has 0 amide bonds. The highest BCUT2D eigenvalue weighted by Gasteiger charge is 2.29. The summed E-state index contributed by atoms with van der Waals surface area (Å²) in [6, 6.07) is 9.97. The molecule has 0 heterocycles. The standard InChI is InChI=1S/C21H37O7P/c1-18(2)27-29(22,28-19(3)4)17-26-21(16-25-14-13-23-5)11-12-24-15-20-9-7-6-8-10-20/h6-10,18-19,21H,11-17H2,1-5H3/t21-/m0/s1. The lowest BCUT2D eigenvalue weighted by atomic mass is 10.2. The molecule has 0 aliphatic rings. The van der Waals surface area contributed by atoms with Gasteiger partial charge in [0.2, 0.25) is 0 Å². The van der Waals surface area contributed by atoms with Crippen molar-refractivity contribution in [2.75, 3.05) is 39.9 Å². The molecule has 0 N–H and O–H groups in total. The quantitative estimate of drug-likeness (QED) is 0.262. The zero-order valence-corrected chi connectivity index (χ0v) is 19.3. The number of methoxy groups -OCH3 is 1. The zero-order valence-electron chi connectivity index (χ0n) is 18.4. The number of ether oxygens (including phenoxy) is 4. The van der Waals surface area contributed by atoms with Crippen molar-refractivity contribution in [2.24, 2.45) is 0 Å². The lowest BCUT2D eigenvalue weighted by molar-refractivity contribution is -0.0357. The van der Waals surface area contributed by atoms with Gasteiger partial charge in [0.1, 0.15) is 6.35 Å². The van der Waals surface area contributed by atoms with E-state index in [1.807, 2.05) is 58.0 Å². The molecular weight excluding hydrogens is 395 g/mol. The summed E-state index contributed by atoms with van der Waals surface area (Å²) in [7, 11) is -1.74. The second-order valence-electron chi connectivity index (χ2n) is 7.23. The van der Waals surface area contributed by atoms with E-state index >= 15 is 0 Å². The Labute approximate surface area is 175 Å². The van der Waals surface area contributed by atoms with Crippen LogP contribution >= 0.6 is 7.60 Å². The monoisotopic (exact) mass is 432 g/mol. The Kier molecular flexibility index (Phi) is 13.6. The van der Waals surface area contributed by atoms with Crippen LogP contribution in [0.2, 0.25) is 0 Å². The molecule has 1 rings (SSSR count). The van der Waals surface area contributed by atoms with E-state index in [1.54, 1.807) is 7.11 Å². The highest BCUT2D eigenvalue weighted by Crippen LogP contribution is 2.50. The molecular formula is C21H37O7P.